The number of fused-ring (bicyclic) bond motifs is 2. The van der Waals surface area contributed by atoms with E-state index in [0.29, 0.717) is 11.8 Å². The summed E-state index contributed by atoms with van der Waals surface area (Å²) in [5.74, 6) is 0.788. The summed E-state index contributed by atoms with van der Waals surface area (Å²) in [4.78, 5) is 2.33. The minimum atomic E-state index is 0.343. The van der Waals surface area contributed by atoms with Gasteiger partial charge in [-0.2, -0.15) is 0 Å². The minimum Gasteiger partial charge on any atom is -0.355 e. The number of rotatable bonds is 8. The number of anilines is 5. The lowest BCUT2D eigenvalue weighted by Gasteiger charge is -2.28. The lowest BCUT2D eigenvalue weighted by molar-refractivity contribution is 0.634. The number of hydrogen-bond acceptors (Lipinski definition) is 2. The Kier molecular flexibility index (Phi) is 8.79. The Morgan fingerprint density at radius 1 is 0.566 bits per heavy atom. The number of nitrogens with zero attached hydrogens (tertiary/aromatic N) is 1. The standard InChI is InChI=1S/C51H42N2/c1-36-12-5-8-18-46(36)51-49-20-10-7-14-40(49)28-35-50(51)52-42-29-22-37(23-30-42)38-24-31-44(32-25-38)53(43-16-3-2-4-17-43)45-33-26-41(27-34-45)48-21-11-15-39-13-6-9-19-47(39)48/h2-6,8-13,15-36,46,52H,7,14H2,1H3. The quantitative estimate of drug-likeness (QED) is 0.172. The molecule has 0 saturated heterocycles. The molecule has 53 heavy (non-hydrogen) atoms. The molecule has 7 aromatic carbocycles. The van der Waals surface area contributed by atoms with Crippen LogP contribution < -0.4 is 10.2 Å². The first-order valence-corrected chi connectivity index (χ1v) is 18.8. The first-order valence-electron chi connectivity index (χ1n) is 18.8. The summed E-state index contributed by atoms with van der Waals surface area (Å²) >= 11 is 0. The molecule has 0 fully saturated rings. The third-order valence-corrected chi connectivity index (χ3v) is 10.8. The van der Waals surface area contributed by atoms with Crippen molar-refractivity contribution in [2.75, 3.05) is 10.2 Å². The predicted octanol–water partition coefficient (Wildman–Crippen LogP) is 14.2. The summed E-state index contributed by atoms with van der Waals surface area (Å²) in [5, 5.41) is 6.33. The number of para-hydroxylation sites is 1. The highest BCUT2D eigenvalue weighted by Gasteiger charge is 2.24. The molecule has 256 valence electrons. The van der Waals surface area contributed by atoms with Crippen LogP contribution in [0.15, 0.2) is 188 Å². The zero-order chi connectivity index (χ0) is 35.6. The molecule has 7 aromatic rings. The number of nitrogens with one attached hydrogen (secondary N) is 1. The Bertz CT molecular complexity index is 2460. The van der Waals surface area contributed by atoms with Gasteiger partial charge in [0.05, 0.1) is 0 Å². The molecule has 2 nitrogen and oxygen atoms in total. The van der Waals surface area contributed by atoms with Crippen LogP contribution in [-0.2, 0) is 6.42 Å². The maximum atomic E-state index is 3.80. The normalized spacial score (nSPS) is 16.0. The van der Waals surface area contributed by atoms with Gasteiger partial charge in [0.2, 0.25) is 0 Å². The van der Waals surface area contributed by atoms with Crippen LogP contribution >= 0.6 is 0 Å². The average Bonchev–Trinajstić information content (AvgIpc) is 3.22. The van der Waals surface area contributed by atoms with Gasteiger partial charge in [0.25, 0.3) is 0 Å². The second-order valence-electron chi connectivity index (χ2n) is 14.2. The van der Waals surface area contributed by atoms with Gasteiger partial charge in [-0.1, -0.05) is 147 Å². The van der Waals surface area contributed by atoms with Gasteiger partial charge in [0.1, 0.15) is 0 Å². The molecule has 0 aromatic heterocycles. The molecule has 2 heteroatoms. The molecule has 0 saturated carbocycles. The Hall–Kier alpha value is -6.38. The highest BCUT2D eigenvalue weighted by Crippen LogP contribution is 2.42. The molecule has 0 bridgehead atoms. The van der Waals surface area contributed by atoms with E-state index in [0.717, 1.165) is 35.6 Å². The second-order valence-corrected chi connectivity index (χ2v) is 14.2. The molecule has 0 radical (unpaired) electrons. The van der Waals surface area contributed by atoms with E-state index in [-0.39, 0.29) is 0 Å². The molecule has 0 heterocycles. The van der Waals surface area contributed by atoms with Gasteiger partial charge in [-0.05, 0) is 123 Å². The van der Waals surface area contributed by atoms with Crippen molar-refractivity contribution in [3.05, 3.63) is 205 Å². The lowest BCUT2D eigenvalue weighted by Crippen LogP contribution is -2.13. The van der Waals surface area contributed by atoms with Crippen molar-refractivity contribution < 1.29 is 0 Å². The zero-order valence-corrected chi connectivity index (χ0v) is 30.0. The topological polar surface area (TPSA) is 15.3 Å². The van der Waals surface area contributed by atoms with Crippen LogP contribution in [0.5, 0.6) is 0 Å². The van der Waals surface area contributed by atoms with Gasteiger partial charge < -0.3 is 10.2 Å². The van der Waals surface area contributed by atoms with E-state index in [2.05, 4.69) is 211 Å². The second kappa shape index (κ2) is 14.3. The van der Waals surface area contributed by atoms with Crippen LogP contribution in [0.1, 0.15) is 36.0 Å². The van der Waals surface area contributed by atoms with Crippen LogP contribution in [0.4, 0.5) is 28.4 Å². The van der Waals surface area contributed by atoms with Crippen molar-refractivity contribution in [1.29, 1.82) is 0 Å². The SMILES string of the molecule is CC1C=CC=CC1c1c(Nc2ccc(-c3ccc(N(c4ccccc4)c4ccc(-c5cccc6ccccc56)cc4)cc3)cc2)ccc2c1C=CCC2. The zero-order valence-electron chi connectivity index (χ0n) is 30.0. The summed E-state index contributed by atoms with van der Waals surface area (Å²) in [6.45, 7) is 2.32. The van der Waals surface area contributed by atoms with Crippen molar-refractivity contribution in [1.82, 2.24) is 0 Å². The number of allylic oxidation sites excluding steroid dienone is 5. The van der Waals surface area contributed by atoms with Crippen LogP contribution in [-0.4, -0.2) is 0 Å². The maximum Gasteiger partial charge on any atom is 0.0462 e. The van der Waals surface area contributed by atoms with Gasteiger partial charge in [-0.3, -0.25) is 0 Å². The Morgan fingerprint density at radius 2 is 1.21 bits per heavy atom. The first-order chi connectivity index (χ1) is 26.2. The maximum absolute atomic E-state index is 3.80. The molecule has 2 atom stereocenters. The Labute approximate surface area is 313 Å². The van der Waals surface area contributed by atoms with Crippen LogP contribution in [0.3, 0.4) is 0 Å². The van der Waals surface area contributed by atoms with Gasteiger partial charge in [-0.25, -0.2) is 0 Å². The van der Waals surface area contributed by atoms with Crippen LogP contribution in [0.25, 0.3) is 39.1 Å². The fourth-order valence-electron chi connectivity index (χ4n) is 8.08. The number of hydrogen-bond donors (Lipinski definition) is 1. The Morgan fingerprint density at radius 3 is 1.96 bits per heavy atom. The third kappa shape index (κ3) is 6.49. The van der Waals surface area contributed by atoms with Crippen molar-refractivity contribution in [3.8, 4) is 22.3 Å². The van der Waals surface area contributed by atoms with Gasteiger partial charge in [0.15, 0.2) is 0 Å². The van der Waals surface area contributed by atoms with E-state index < -0.39 is 0 Å². The molecule has 0 amide bonds. The summed E-state index contributed by atoms with van der Waals surface area (Å²) in [5.41, 5.74) is 14.7. The van der Waals surface area contributed by atoms with Gasteiger partial charge in [-0.15, -0.1) is 0 Å². The van der Waals surface area contributed by atoms with Crippen LogP contribution in [0.2, 0.25) is 0 Å². The van der Waals surface area contributed by atoms with Gasteiger partial charge in [0, 0.05) is 34.4 Å². The van der Waals surface area contributed by atoms with Crippen LogP contribution in [0, 0.1) is 5.92 Å². The highest BCUT2D eigenvalue weighted by molar-refractivity contribution is 5.97. The van der Waals surface area contributed by atoms with E-state index in [1.165, 1.54) is 55.4 Å². The molecule has 0 aliphatic heterocycles. The van der Waals surface area contributed by atoms with E-state index in [1.807, 2.05) is 0 Å². The number of aryl methyl sites for hydroxylation is 1. The van der Waals surface area contributed by atoms with Crippen molar-refractivity contribution in [2.45, 2.75) is 25.7 Å². The highest BCUT2D eigenvalue weighted by atomic mass is 15.1. The van der Waals surface area contributed by atoms with Crippen molar-refractivity contribution in [2.24, 2.45) is 5.92 Å². The van der Waals surface area contributed by atoms with Gasteiger partial charge >= 0.3 is 0 Å². The van der Waals surface area contributed by atoms with E-state index in [9.17, 15) is 0 Å². The summed E-state index contributed by atoms with van der Waals surface area (Å²) in [7, 11) is 0. The van der Waals surface area contributed by atoms with E-state index in [1.54, 1.807) is 0 Å². The largest absolute Gasteiger partial charge is 0.355 e. The molecule has 2 aliphatic rings. The summed E-state index contributed by atoms with van der Waals surface area (Å²) < 4.78 is 0. The summed E-state index contributed by atoms with van der Waals surface area (Å²) in [6, 6.07) is 57.1. The average molecular weight is 683 g/mol. The van der Waals surface area contributed by atoms with Crippen molar-refractivity contribution >= 4 is 45.3 Å². The molecule has 0 spiro atoms. The number of benzene rings is 7. The minimum absolute atomic E-state index is 0.343. The van der Waals surface area contributed by atoms with E-state index in [4.69, 9.17) is 0 Å². The molecule has 1 N–H and O–H groups in total. The van der Waals surface area contributed by atoms with E-state index >= 15 is 0 Å². The first kappa shape index (κ1) is 32.5. The Balaban J connectivity index is 0.981. The lowest BCUT2D eigenvalue weighted by atomic mass is 9.78. The predicted molar refractivity (Wildman–Crippen MR) is 227 cm³/mol. The third-order valence-electron chi connectivity index (χ3n) is 10.8. The fraction of sp³-hybridized carbons (Fsp3) is 0.0980. The molecule has 2 unspecified atom stereocenters. The monoisotopic (exact) mass is 682 g/mol. The molecule has 9 rings (SSSR count). The van der Waals surface area contributed by atoms with Crippen molar-refractivity contribution in [3.63, 3.8) is 0 Å². The summed E-state index contributed by atoms with van der Waals surface area (Å²) in [6.07, 6.45) is 15.9. The fourth-order valence-corrected chi connectivity index (χ4v) is 8.08. The molecule has 2 aliphatic carbocycles. The molecular weight excluding hydrogens is 641 g/mol. The smallest absolute Gasteiger partial charge is 0.0462 e. The molecular formula is C51H42N2.